The maximum absolute atomic E-state index is 5.94. The van der Waals surface area contributed by atoms with Crippen LogP contribution in [-0.4, -0.2) is 33.2 Å². The van der Waals surface area contributed by atoms with Crippen molar-refractivity contribution in [1.29, 1.82) is 0 Å². The van der Waals surface area contributed by atoms with Gasteiger partial charge in [-0.25, -0.2) is 15.0 Å². The van der Waals surface area contributed by atoms with E-state index in [0.717, 1.165) is 46.6 Å². The highest BCUT2D eigenvalue weighted by Crippen LogP contribution is 2.36. The van der Waals surface area contributed by atoms with Gasteiger partial charge in [-0.05, 0) is 65.2 Å². The Kier molecular flexibility index (Phi) is 9.89. The number of nitrogens with one attached hydrogen (secondary N) is 1. The third-order valence-electron chi connectivity index (χ3n) is 6.28. The molecule has 0 saturated carbocycles. The lowest BCUT2D eigenvalue weighted by Gasteiger charge is -2.18. The van der Waals surface area contributed by atoms with E-state index >= 15 is 0 Å². The molecule has 0 fully saturated rings. The first-order valence-corrected chi connectivity index (χ1v) is 13.2. The highest BCUT2D eigenvalue weighted by molar-refractivity contribution is 5.95. The highest BCUT2D eigenvalue weighted by Gasteiger charge is 2.21. The minimum Gasteiger partial charge on any atom is -0.498 e. The molecule has 0 radical (unpaired) electrons. The average Bonchev–Trinajstić information content (AvgIpc) is 3.19. The molecule has 0 bridgehead atoms. The topological polar surface area (TPSA) is 74.1 Å². The Bertz CT molecular complexity index is 1280. The number of ether oxygens (including phenoxy) is 2. The van der Waals surface area contributed by atoms with Crippen molar-refractivity contribution in [3.05, 3.63) is 71.3 Å². The smallest absolute Gasteiger partial charge is 0.155 e. The summed E-state index contributed by atoms with van der Waals surface area (Å²) in [6.45, 7) is 16.0. The van der Waals surface area contributed by atoms with Crippen molar-refractivity contribution in [3.8, 4) is 5.75 Å². The van der Waals surface area contributed by atoms with Gasteiger partial charge in [-0.15, -0.1) is 0 Å². The predicted octanol–water partition coefficient (Wildman–Crippen LogP) is 7.19. The lowest BCUT2D eigenvalue weighted by atomic mass is 10.1. The summed E-state index contributed by atoms with van der Waals surface area (Å²) in [5.74, 6) is 2.17. The zero-order valence-electron chi connectivity index (χ0n) is 23.6. The lowest BCUT2D eigenvalue weighted by Crippen LogP contribution is -2.10. The van der Waals surface area contributed by atoms with Crippen molar-refractivity contribution < 1.29 is 9.47 Å². The van der Waals surface area contributed by atoms with Crippen LogP contribution in [0.1, 0.15) is 76.8 Å². The molecule has 3 aromatic heterocycles. The number of nitrogens with zero attached hydrogens (tertiary/aromatic N) is 4. The van der Waals surface area contributed by atoms with E-state index < -0.39 is 0 Å². The Balaban J connectivity index is 2.21. The Labute approximate surface area is 221 Å². The fourth-order valence-electron chi connectivity index (χ4n) is 4.53. The molecule has 0 spiro atoms. The Morgan fingerprint density at radius 1 is 1.14 bits per heavy atom. The van der Waals surface area contributed by atoms with Crippen LogP contribution in [-0.2, 0) is 17.7 Å². The van der Waals surface area contributed by atoms with E-state index in [9.17, 15) is 0 Å². The number of allylic oxidation sites excluding steroid dienone is 6. The number of anilines is 1. The van der Waals surface area contributed by atoms with Gasteiger partial charge < -0.3 is 19.4 Å². The second-order valence-electron chi connectivity index (χ2n) is 9.13. The van der Waals surface area contributed by atoms with Crippen molar-refractivity contribution in [2.24, 2.45) is 0 Å². The van der Waals surface area contributed by atoms with Crippen molar-refractivity contribution in [2.75, 3.05) is 19.0 Å². The second-order valence-corrected chi connectivity index (χ2v) is 9.13. The summed E-state index contributed by atoms with van der Waals surface area (Å²) in [6.07, 6.45) is 13.6. The molecule has 0 unspecified atom stereocenters. The van der Waals surface area contributed by atoms with Crippen LogP contribution in [0, 0.1) is 6.92 Å². The van der Waals surface area contributed by atoms with E-state index in [-0.39, 0.29) is 6.04 Å². The van der Waals surface area contributed by atoms with E-state index in [2.05, 4.69) is 84.8 Å². The maximum atomic E-state index is 5.94. The minimum atomic E-state index is 0.288. The van der Waals surface area contributed by atoms with E-state index in [4.69, 9.17) is 14.5 Å². The molecule has 0 aliphatic rings. The fourth-order valence-corrected chi connectivity index (χ4v) is 4.53. The molecule has 0 atom stereocenters. The molecule has 37 heavy (non-hydrogen) atoms. The average molecular weight is 504 g/mol. The third kappa shape index (κ3) is 6.40. The minimum absolute atomic E-state index is 0.288. The van der Waals surface area contributed by atoms with E-state index in [0.29, 0.717) is 24.7 Å². The van der Waals surface area contributed by atoms with Gasteiger partial charge in [0.1, 0.15) is 11.6 Å². The molecule has 0 aromatic carbocycles. The zero-order valence-corrected chi connectivity index (χ0v) is 23.6. The number of aryl methyl sites for hydroxylation is 1. The van der Waals surface area contributed by atoms with Crippen molar-refractivity contribution in [2.45, 2.75) is 73.9 Å². The van der Waals surface area contributed by atoms with E-state index in [1.54, 1.807) is 19.5 Å². The molecule has 7 nitrogen and oxygen atoms in total. The standard InChI is InChI=1S/C30H41N5O2/c1-9-12-13-14-15-24(22(7)37-11-3)25-16-26(31-19-28-32-17-23(36-8)18-33-28)30-29(34-25)21(6)27(10-2)35(30)20(4)5/h12-18,20H,9-11,19H2,1-8H3,(H,31,34)/b13-12+,15-14-,24-22-. The molecule has 0 aliphatic carbocycles. The van der Waals surface area contributed by atoms with Crippen LogP contribution in [0.4, 0.5) is 5.69 Å². The second kappa shape index (κ2) is 13.1. The molecule has 198 valence electrons. The largest absolute Gasteiger partial charge is 0.498 e. The number of hydrogen-bond donors (Lipinski definition) is 1. The van der Waals surface area contributed by atoms with Gasteiger partial charge in [-0.2, -0.15) is 0 Å². The Morgan fingerprint density at radius 3 is 2.46 bits per heavy atom. The number of methoxy groups -OCH3 is 1. The molecule has 3 rings (SSSR count). The monoisotopic (exact) mass is 503 g/mol. The molecular formula is C30H41N5O2. The van der Waals surface area contributed by atoms with Gasteiger partial charge in [0, 0.05) is 17.3 Å². The van der Waals surface area contributed by atoms with E-state index in [1.165, 1.54) is 11.3 Å². The Hall–Kier alpha value is -3.61. The van der Waals surface area contributed by atoms with Gasteiger partial charge >= 0.3 is 0 Å². The summed E-state index contributed by atoms with van der Waals surface area (Å²) < 4.78 is 13.6. The van der Waals surface area contributed by atoms with Gasteiger partial charge in [0.05, 0.1) is 55.1 Å². The fraction of sp³-hybridized carbons (Fsp3) is 0.433. The third-order valence-corrected chi connectivity index (χ3v) is 6.28. The number of hydrogen-bond acceptors (Lipinski definition) is 6. The first-order valence-electron chi connectivity index (χ1n) is 13.2. The van der Waals surface area contributed by atoms with Crippen LogP contribution in [0.3, 0.4) is 0 Å². The highest BCUT2D eigenvalue weighted by atomic mass is 16.5. The summed E-state index contributed by atoms with van der Waals surface area (Å²) in [6, 6.07) is 2.41. The lowest BCUT2D eigenvalue weighted by molar-refractivity contribution is 0.233. The molecule has 0 aliphatic heterocycles. The van der Waals surface area contributed by atoms with Crippen molar-refractivity contribution >= 4 is 22.3 Å². The van der Waals surface area contributed by atoms with Crippen LogP contribution < -0.4 is 10.1 Å². The molecule has 0 saturated heterocycles. The molecule has 3 aromatic rings. The number of rotatable bonds is 12. The summed E-state index contributed by atoms with van der Waals surface area (Å²) in [7, 11) is 1.61. The zero-order chi connectivity index (χ0) is 26.9. The van der Waals surface area contributed by atoms with E-state index in [1.807, 2.05) is 13.8 Å². The molecule has 0 amide bonds. The normalized spacial score (nSPS) is 12.7. The van der Waals surface area contributed by atoms with Crippen molar-refractivity contribution in [3.63, 3.8) is 0 Å². The van der Waals surface area contributed by atoms with Gasteiger partial charge in [0.2, 0.25) is 0 Å². The van der Waals surface area contributed by atoms with Gasteiger partial charge in [-0.3, -0.25) is 0 Å². The number of aromatic nitrogens is 4. The molecule has 1 N–H and O–H groups in total. The first-order chi connectivity index (χ1) is 17.9. The van der Waals surface area contributed by atoms with Crippen molar-refractivity contribution in [1.82, 2.24) is 19.5 Å². The first kappa shape index (κ1) is 28.0. The number of pyridine rings is 1. The van der Waals surface area contributed by atoms with Gasteiger partial charge in [-0.1, -0.05) is 32.1 Å². The maximum Gasteiger partial charge on any atom is 0.155 e. The molecular weight excluding hydrogens is 462 g/mol. The Morgan fingerprint density at radius 2 is 1.86 bits per heavy atom. The van der Waals surface area contributed by atoms with Crippen LogP contribution in [0.25, 0.3) is 16.6 Å². The predicted molar refractivity (Wildman–Crippen MR) is 153 cm³/mol. The summed E-state index contributed by atoms with van der Waals surface area (Å²) in [5.41, 5.74) is 7.43. The van der Waals surface area contributed by atoms with Crippen LogP contribution in [0.15, 0.2) is 48.5 Å². The number of fused-ring (bicyclic) bond motifs is 1. The van der Waals surface area contributed by atoms with Gasteiger partial charge in [0.15, 0.2) is 5.75 Å². The summed E-state index contributed by atoms with van der Waals surface area (Å²) in [5, 5.41) is 3.62. The summed E-state index contributed by atoms with van der Waals surface area (Å²) >= 11 is 0. The van der Waals surface area contributed by atoms with Crippen LogP contribution in [0.2, 0.25) is 0 Å². The van der Waals surface area contributed by atoms with Crippen LogP contribution in [0.5, 0.6) is 5.75 Å². The molecule has 7 heteroatoms. The van der Waals surface area contributed by atoms with Gasteiger partial charge in [0.25, 0.3) is 0 Å². The molecule has 3 heterocycles. The summed E-state index contributed by atoms with van der Waals surface area (Å²) in [4.78, 5) is 14.1. The SMILES string of the molecule is CC/C=C/C=C\C(=C(/C)OCC)c1cc(NCc2ncc(OC)cn2)c2c(n1)c(C)c(CC)n2C(C)C. The quantitative estimate of drug-likeness (QED) is 0.208. The van der Waals surface area contributed by atoms with Crippen LogP contribution >= 0.6 is 0 Å².